The minimum absolute atomic E-state index is 0.0601. The van der Waals surface area contributed by atoms with Gasteiger partial charge in [-0.1, -0.05) is 28.1 Å². The van der Waals surface area contributed by atoms with Gasteiger partial charge in [0.2, 0.25) is 5.91 Å². The molecule has 1 aliphatic rings. The molecule has 98 valence electrons. The number of halogens is 1. The minimum Gasteiger partial charge on any atom is -0.349 e. The largest absolute Gasteiger partial charge is 0.349 e. The van der Waals surface area contributed by atoms with Gasteiger partial charge >= 0.3 is 0 Å². The highest BCUT2D eigenvalue weighted by atomic mass is 79.9. The van der Waals surface area contributed by atoms with Crippen LogP contribution in [0.15, 0.2) is 28.7 Å². The van der Waals surface area contributed by atoms with E-state index in [1.54, 1.807) is 0 Å². The lowest BCUT2D eigenvalue weighted by Gasteiger charge is -2.24. The monoisotopic (exact) mass is 310 g/mol. The number of carbonyl (C=O) groups is 1. The summed E-state index contributed by atoms with van der Waals surface area (Å²) < 4.78 is 1.04. The molecule has 0 aliphatic carbocycles. The summed E-state index contributed by atoms with van der Waals surface area (Å²) in [5, 5.41) is 6.38. The molecule has 1 fully saturated rings. The average Bonchev–Trinajstić information content (AvgIpc) is 2.39. The van der Waals surface area contributed by atoms with E-state index in [4.69, 9.17) is 0 Å². The van der Waals surface area contributed by atoms with Crippen LogP contribution in [0.2, 0.25) is 0 Å². The third-order valence-corrected chi connectivity index (χ3v) is 3.91. The summed E-state index contributed by atoms with van der Waals surface area (Å²) in [5.74, 6) is 0.352. The number of carbonyl (C=O) groups excluding carboxylic acids is 1. The summed E-state index contributed by atoms with van der Waals surface area (Å²) >= 11 is 3.45. The zero-order chi connectivity index (χ0) is 13.0. The molecular weight excluding hydrogens is 292 g/mol. The van der Waals surface area contributed by atoms with Crippen molar-refractivity contribution in [1.29, 1.82) is 0 Å². The smallest absolute Gasteiger partial charge is 0.223 e. The van der Waals surface area contributed by atoms with E-state index in [2.05, 4.69) is 26.6 Å². The van der Waals surface area contributed by atoms with E-state index in [1.807, 2.05) is 31.2 Å². The van der Waals surface area contributed by atoms with E-state index in [1.165, 1.54) is 0 Å². The molecule has 1 aromatic carbocycles. The van der Waals surface area contributed by atoms with Crippen LogP contribution in [0.4, 0.5) is 0 Å². The highest BCUT2D eigenvalue weighted by molar-refractivity contribution is 9.10. The second-order valence-electron chi connectivity index (χ2n) is 4.81. The van der Waals surface area contributed by atoms with Crippen molar-refractivity contribution in [3.63, 3.8) is 0 Å². The second kappa shape index (κ2) is 6.34. The van der Waals surface area contributed by atoms with Crippen molar-refractivity contribution in [2.45, 2.75) is 25.8 Å². The van der Waals surface area contributed by atoms with Gasteiger partial charge in [0.15, 0.2) is 0 Å². The second-order valence-corrected chi connectivity index (χ2v) is 5.73. The number of hydrogen-bond donors (Lipinski definition) is 2. The maximum absolute atomic E-state index is 12.1. The van der Waals surface area contributed by atoms with Crippen LogP contribution in [0.25, 0.3) is 0 Å². The standard InChI is InChI=1S/C14H19BrN2O/c1-10(12-3-2-4-13(15)9-12)17-14(18)11-5-7-16-8-6-11/h2-4,9-11,16H,5-8H2,1H3,(H,17,18). The fourth-order valence-corrected chi connectivity index (χ4v) is 2.69. The van der Waals surface area contributed by atoms with E-state index in [-0.39, 0.29) is 17.9 Å². The van der Waals surface area contributed by atoms with Gasteiger partial charge in [-0.15, -0.1) is 0 Å². The topological polar surface area (TPSA) is 41.1 Å². The lowest BCUT2D eigenvalue weighted by molar-refractivity contribution is -0.126. The van der Waals surface area contributed by atoms with Crippen molar-refractivity contribution in [3.8, 4) is 0 Å². The summed E-state index contributed by atoms with van der Waals surface area (Å²) in [6.45, 7) is 3.92. The number of piperidine rings is 1. The Morgan fingerprint density at radius 3 is 2.83 bits per heavy atom. The molecule has 1 atom stereocenters. The molecule has 1 aromatic rings. The van der Waals surface area contributed by atoms with Crippen LogP contribution in [0.5, 0.6) is 0 Å². The van der Waals surface area contributed by atoms with Crippen molar-refractivity contribution in [3.05, 3.63) is 34.3 Å². The number of nitrogens with one attached hydrogen (secondary N) is 2. The molecule has 2 N–H and O–H groups in total. The molecule has 1 saturated heterocycles. The minimum atomic E-state index is 0.0601. The first kappa shape index (κ1) is 13.6. The van der Waals surface area contributed by atoms with Crippen LogP contribution < -0.4 is 10.6 Å². The Labute approximate surface area is 116 Å². The van der Waals surface area contributed by atoms with Gasteiger partial charge in [0, 0.05) is 10.4 Å². The average molecular weight is 311 g/mol. The van der Waals surface area contributed by atoms with Crippen LogP contribution in [-0.2, 0) is 4.79 Å². The third kappa shape index (κ3) is 3.56. The maximum atomic E-state index is 12.1. The molecule has 3 nitrogen and oxygen atoms in total. The first-order valence-corrected chi connectivity index (χ1v) is 7.22. The van der Waals surface area contributed by atoms with Crippen LogP contribution in [0.1, 0.15) is 31.4 Å². The van der Waals surface area contributed by atoms with Crippen molar-refractivity contribution in [2.75, 3.05) is 13.1 Å². The lowest BCUT2D eigenvalue weighted by atomic mass is 9.96. The third-order valence-electron chi connectivity index (χ3n) is 3.42. The normalized spacial score (nSPS) is 18.3. The van der Waals surface area contributed by atoms with Crippen molar-refractivity contribution in [2.24, 2.45) is 5.92 Å². The van der Waals surface area contributed by atoms with Crippen molar-refractivity contribution in [1.82, 2.24) is 10.6 Å². The van der Waals surface area contributed by atoms with Crippen LogP contribution in [0.3, 0.4) is 0 Å². The number of benzene rings is 1. The number of rotatable bonds is 3. The summed E-state index contributed by atoms with van der Waals surface area (Å²) in [7, 11) is 0. The van der Waals surface area contributed by atoms with E-state index >= 15 is 0 Å². The van der Waals surface area contributed by atoms with Gasteiger partial charge in [-0.3, -0.25) is 4.79 Å². The van der Waals surface area contributed by atoms with Crippen LogP contribution in [-0.4, -0.2) is 19.0 Å². The fraction of sp³-hybridized carbons (Fsp3) is 0.500. The Morgan fingerprint density at radius 2 is 2.17 bits per heavy atom. The highest BCUT2D eigenvalue weighted by Crippen LogP contribution is 2.19. The fourth-order valence-electron chi connectivity index (χ4n) is 2.27. The van der Waals surface area contributed by atoms with Gasteiger partial charge in [-0.05, 0) is 50.6 Å². The predicted molar refractivity (Wildman–Crippen MR) is 76.3 cm³/mol. The molecule has 0 radical (unpaired) electrons. The zero-order valence-electron chi connectivity index (χ0n) is 10.6. The van der Waals surface area contributed by atoms with E-state index in [0.717, 1.165) is 36.0 Å². The Bertz CT molecular complexity index is 416. The van der Waals surface area contributed by atoms with Crippen LogP contribution in [0, 0.1) is 5.92 Å². The Hall–Kier alpha value is -0.870. The molecule has 1 heterocycles. The summed E-state index contributed by atoms with van der Waals surface area (Å²) in [6, 6.07) is 8.13. The van der Waals surface area contributed by atoms with Crippen LogP contribution >= 0.6 is 15.9 Å². The molecule has 1 unspecified atom stereocenters. The summed E-state index contributed by atoms with van der Waals surface area (Å²) in [6.07, 6.45) is 1.88. The van der Waals surface area contributed by atoms with Gasteiger partial charge in [0.25, 0.3) is 0 Å². The molecule has 2 rings (SSSR count). The van der Waals surface area contributed by atoms with E-state index < -0.39 is 0 Å². The molecule has 0 saturated carbocycles. The van der Waals surface area contributed by atoms with E-state index in [0.29, 0.717) is 0 Å². The number of hydrogen-bond acceptors (Lipinski definition) is 2. The first-order chi connectivity index (χ1) is 8.66. The zero-order valence-corrected chi connectivity index (χ0v) is 12.2. The Balaban J connectivity index is 1.94. The molecule has 0 spiro atoms. The number of amides is 1. The Kier molecular flexibility index (Phi) is 4.78. The molecule has 4 heteroatoms. The molecule has 0 bridgehead atoms. The predicted octanol–water partition coefficient (Wildman–Crippen LogP) is 2.63. The highest BCUT2D eigenvalue weighted by Gasteiger charge is 2.22. The first-order valence-electron chi connectivity index (χ1n) is 6.43. The SMILES string of the molecule is CC(NC(=O)C1CCNCC1)c1cccc(Br)c1. The molecular formula is C14H19BrN2O. The molecule has 1 amide bonds. The van der Waals surface area contributed by atoms with Gasteiger partial charge in [-0.25, -0.2) is 0 Å². The maximum Gasteiger partial charge on any atom is 0.223 e. The van der Waals surface area contributed by atoms with Crippen molar-refractivity contribution >= 4 is 21.8 Å². The quantitative estimate of drug-likeness (QED) is 0.901. The summed E-state index contributed by atoms with van der Waals surface area (Å²) in [5.41, 5.74) is 1.13. The summed E-state index contributed by atoms with van der Waals surface area (Å²) in [4.78, 5) is 12.1. The lowest BCUT2D eigenvalue weighted by Crippen LogP contribution is -2.39. The van der Waals surface area contributed by atoms with Gasteiger partial charge in [0.05, 0.1) is 6.04 Å². The molecule has 18 heavy (non-hydrogen) atoms. The van der Waals surface area contributed by atoms with Gasteiger partial charge in [-0.2, -0.15) is 0 Å². The molecule has 0 aromatic heterocycles. The van der Waals surface area contributed by atoms with E-state index in [9.17, 15) is 4.79 Å². The van der Waals surface area contributed by atoms with Crippen molar-refractivity contribution < 1.29 is 4.79 Å². The van der Waals surface area contributed by atoms with Gasteiger partial charge in [0.1, 0.15) is 0 Å². The van der Waals surface area contributed by atoms with Gasteiger partial charge < -0.3 is 10.6 Å². The Morgan fingerprint density at radius 1 is 1.44 bits per heavy atom. The molecule has 1 aliphatic heterocycles.